The molecule has 0 nitrogen and oxygen atoms in total. The second-order valence-electron chi connectivity index (χ2n) is 8.94. The van der Waals surface area contributed by atoms with E-state index < -0.39 is 23.3 Å². The maximum absolute atomic E-state index is 15.1. The van der Waals surface area contributed by atoms with Gasteiger partial charge in [0.25, 0.3) is 0 Å². The summed E-state index contributed by atoms with van der Waals surface area (Å²) in [6.45, 7) is 3.51. The summed E-state index contributed by atoms with van der Waals surface area (Å²) in [7, 11) is 0. The summed E-state index contributed by atoms with van der Waals surface area (Å²) in [5.41, 5.74) is 2.62. The number of halogens is 4. The van der Waals surface area contributed by atoms with Gasteiger partial charge in [-0.3, -0.25) is 0 Å². The van der Waals surface area contributed by atoms with Crippen LogP contribution in [-0.4, -0.2) is 0 Å². The van der Waals surface area contributed by atoms with E-state index in [-0.39, 0.29) is 16.7 Å². The second kappa shape index (κ2) is 10.4. The third-order valence-electron chi connectivity index (χ3n) is 6.71. The summed E-state index contributed by atoms with van der Waals surface area (Å²) in [4.78, 5) is 0. The Balaban J connectivity index is 1.55. The summed E-state index contributed by atoms with van der Waals surface area (Å²) >= 11 is 0. The van der Waals surface area contributed by atoms with Crippen molar-refractivity contribution < 1.29 is 17.6 Å². The molecule has 0 amide bonds. The van der Waals surface area contributed by atoms with E-state index in [0.29, 0.717) is 22.6 Å². The van der Waals surface area contributed by atoms with E-state index in [2.05, 4.69) is 12.2 Å². The minimum Gasteiger partial charge on any atom is -0.203 e. The third kappa shape index (κ3) is 4.86. The van der Waals surface area contributed by atoms with E-state index in [1.54, 1.807) is 36.4 Å². The second-order valence-corrected chi connectivity index (χ2v) is 8.94. The van der Waals surface area contributed by atoms with Crippen LogP contribution in [-0.2, 0) is 0 Å². The average Bonchev–Trinajstić information content (AvgIpc) is 2.85. The highest BCUT2D eigenvalue weighted by Gasteiger charge is 2.21. The molecule has 3 aromatic rings. The summed E-state index contributed by atoms with van der Waals surface area (Å²) < 4.78 is 58.3. The molecule has 1 atom stereocenters. The number of aryl methyl sites for hydroxylation is 1. The summed E-state index contributed by atoms with van der Waals surface area (Å²) in [5, 5.41) is 0. The first-order valence-corrected chi connectivity index (χ1v) is 11.7. The molecule has 3 aromatic carbocycles. The van der Waals surface area contributed by atoms with Crippen molar-refractivity contribution in [1.82, 2.24) is 0 Å². The molecular formula is C30H28F4. The largest absolute Gasteiger partial charge is 0.203 e. The van der Waals surface area contributed by atoms with Crippen LogP contribution >= 0.6 is 0 Å². The molecular weight excluding hydrogens is 436 g/mol. The molecule has 1 unspecified atom stereocenters. The van der Waals surface area contributed by atoms with E-state index in [9.17, 15) is 8.78 Å². The first-order chi connectivity index (χ1) is 16.4. The SMILES string of the molecule is CC=CCCC1CC=C(c2ccc(-c3ccc(-c4ccc(C)c(F)c4F)cc3)c(F)c2F)CC1. The molecule has 0 heterocycles. The predicted molar refractivity (Wildman–Crippen MR) is 131 cm³/mol. The van der Waals surface area contributed by atoms with E-state index >= 15 is 8.78 Å². The minimum absolute atomic E-state index is 0.130. The molecule has 1 aliphatic carbocycles. The van der Waals surface area contributed by atoms with E-state index in [1.807, 2.05) is 13.0 Å². The zero-order valence-corrected chi connectivity index (χ0v) is 19.5. The van der Waals surface area contributed by atoms with Crippen molar-refractivity contribution >= 4 is 5.57 Å². The molecule has 0 N–H and O–H groups in total. The highest BCUT2D eigenvalue weighted by molar-refractivity contribution is 5.74. The molecule has 0 saturated heterocycles. The van der Waals surface area contributed by atoms with Crippen LogP contribution in [0.4, 0.5) is 17.6 Å². The number of rotatable bonds is 6. The third-order valence-corrected chi connectivity index (χ3v) is 6.71. The Morgan fingerprint density at radius 3 is 1.91 bits per heavy atom. The molecule has 0 fully saturated rings. The fourth-order valence-corrected chi connectivity index (χ4v) is 4.61. The van der Waals surface area contributed by atoms with Gasteiger partial charge in [-0.25, -0.2) is 17.6 Å². The monoisotopic (exact) mass is 464 g/mol. The van der Waals surface area contributed by atoms with Crippen molar-refractivity contribution in [2.75, 3.05) is 0 Å². The van der Waals surface area contributed by atoms with Gasteiger partial charge in [-0.15, -0.1) is 0 Å². The standard InChI is InChI=1S/C30H28F4/c1-3-4-5-6-20-8-10-21(11-9-20)25-17-18-26(30(34)29(25)33)23-14-12-22(13-15-23)24-16-7-19(2)27(31)28(24)32/h3-4,7,10,12-18,20H,5-6,8-9,11H2,1-2H3. The highest BCUT2D eigenvalue weighted by atomic mass is 19.2. The zero-order valence-electron chi connectivity index (χ0n) is 19.5. The minimum atomic E-state index is -0.917. The van der Waals surface area contributed by atoms with Crippen LogP contribution in [0.2, 0.25) is 0 Å². The molecule has 4 heteroatoms. The van der Waals surface area contributed by atoms with Gasteiger partial charge >= 0.3 is 0 Å². The maximum atomic E-state index is 15.1. The number of benzene rings is 3. The Kier molecular flexibility index (Phi) is 7.35. The Bertz CT molecular complexity index is 1240. The number of hydrogen-bond acceptors (Lipinski definition) is 0. The van der Waals surface area contributed by atoms with Gasteiger partial charge in [0.2, 0.25) is 0 Å². The van der Waals surface area contributed by atoms with Crippen molar-refractivity contribution in [2.24, 2.45) is 5.92 Å². The predicted octanol–water partition coefficient (Wildman–Crippen LogP) is 9.43. The van der Waals surface area contributed by atoms with Crippen LogP contribution in [0, 0.1) is 36.1 Å². The smallest absolute Gasteiger partial charge is 0.167 e. The maximum Gasteiger partial charge on any atom is 0.167 e. The summed E-state index contributed by atoms with van der Waals surface area (Å²) in [5.74, 6) is -2.95. The summed E-state index contributed by atoms with van der Waals surface area (Å²) in [6, 6.07) is 12.6. The van der Waals surface area contributed by atoms with Gasteiger partial charge in [-0.1, -0.05) is 66.8 Å². The topological polar surface area (TPSA) is 0 Å². The number of allylic oxidation sites excluding steroid dienone is 4. The highest BCUT2D eigenvalue weighted by Crippen LogP contribution is 2.37. The fraction of sp³-hybridized carbons (Fsp3) is 0.267. The first kappa shape index (κ1) is 24.0. The number of hydrogen-bond donors (Lipinski definition) is 0. The Morgan fingerprint density at radius 1 is 0.765 bits per heavy atom. The molecule has 0 spiro atoms. The van der Waals surface area contributed by atoms with Crippen LogP contribution in [0.25, 0.3) is 27.8 Å². The van der Waals surface area contributed by atoms with Gasteiger partial charge in [0, 0.05) is 16.7 Å². The van der Waals surface area contributed by atoms with Gasteiger partial charge in [-0.2, -0.15) is 0 Å². The van der Waals surface area contributed by atoms with Crippen molar-refractivity contribution in [3.05, 3.63) is 101 Å². The van der Waals surface area contributed by atoms with Gasteiger partial charge < -0.3 is 0 Å². The molecule has 0 aliphatic heterocycles. The quantitative estimate of drug-likeness (QED) is 0.252. The molecule has 0 radical (unpaired) electrons. The lowest BCUT2D eigenvalue weighted by Crippen LogP contribution is -2.07. The van der Waals surface area contributed by atoms with Crippen molar-refractivity contribution in [3.63, 3.8) is 0 Å². The molecule has 0 aromatic heterocycles. The van der Waals surface area contributed by atoms with Crippen LogP contribution in [0.3, 0.4) is 0 Å². The molecule has 34 heavy (non-hydrogen) atoms. The molecule has 1 aliphatic rings. The van der Waals surface area contributed by atoms with Crippen LogP contribution in [0.5, 0.6) is 0 Å². The van der Waals surface area contributed by atoms with Gasteiger partial charge in [0.1, 0.15) is 0 Å². The lowest BCUT2D eigenvalue weighted by Gasteiger charge is -2.22. The zero-order chi connectivity index (χ0) is 24.2. The molecule has 176 valence electrons. The van der Waals surface area contributed by atoms with Crippen LogP contribution in [0.1, 0.15) is 50.2 Å². The Morgan fingerprint density at radius 2 is 1.32 bits per heavy atom. The molecule has 4 rings (SSSR count). The van der Waals surface area contributed by atoms with Crippen LogP contribution in [0.15, 0.2) is 66.8 Å². The van der Waals surface area contributed by atoms with Gasteiger partial charge in [0.15, 0.2) is 23.3 Å². The van der Waals surface area contributed by atoms with Crippen molar-refractivity contribution in [3.8, 4) is 22.3 Å². The van der Waals surface area contributed by atoms with Gasteiger partial charge in [0.05, 0.1) is 0 Å². The summed E-state index contributed by atoms with van der Waals surface area (Å²) in [6.07, 6.45) is 11.0. The average molecular weight is 465 g/mol. The van der Waals surface area contributed by atoms with Crippen LogP contribution < -0.4 is 0 Å². The fourth-order valence-electron chi connectivity index (χ4n) is 4.61. The lowest BCUT2D eigenvalue weighted by molar-refractivity contribution is 0.452. The first-order valence-electron chi connectivity index (χ1n) is 11.7. The van der Waals surface area contributed by atoms with E-state index in [4.69, 9.17) is 0 Å². The van der Waals surface area contributed by atoms with Crippen molar-refractivity contribution in [2.45, 2.75) is 46.0 Å². The normalized spacial score (nSPS) is 16.2. The van der Waals surface area contributed by atoms with E-state index in [0.717, 1.165) is 37.7 Å². The Labute approximate surface area is 198 Å². The van der Waals surface area contributed by atoms with E-state index in [1.165, 1.54) is 19.1 Å². The lowest BCUT2D eigenvalue weighted by atomic mass is 9.83. The van der Waals surface area contributed by atoms with Crippen molar-refractivity contribution in [1.29, 1.82) is 0 Å². The molecule has 0 bridgehead atoms. The Hall–Kier alpha value is -3.14. The molecule has 0 saturated carbocycles. The van der Waals surface area contributed by atoms with Gasteiger partial charge in [-0.05, 0) is 74.1 Å².